The Morgan fingerprint density at radius 1 is 1.14 bits per heavy atom. The van der Waals surface area contributed by atoms with Crippen LogP contribution >= 0.6 is 11.8 Å². The molecule has 1 N–H and O–H groups in total. The van der Waals surface area contributed by atoms with Crippen molar-refractivity contribution in [1.29, 1.82) is 0 Å². The molecular formula is C23H28N4OS. The number of nitrogens with one attached hydrogen (secondary N) is 1. The molecule has 4 heterocycles. The first-order valence-corrected chi connectivity index (χ1v) is 11.9. The van der Waals surface area contributed by atoms with Crippen molar-refractivity contribution < 1.29 is 4.79 Å². The Morgan fingerprint density at radius 3 is 2.72 bits per heavy atom. The summed E-state index contributed by atoms with van der Waals surface area (Å²) in [4.78, 5) is 24.0. The number of likely N-dealkylation sites (tertiary alicyclic amines) is 1. The first-order valence-electron chi connectivity index (χ1n) is 10.7. The molecule has 3 aromatic rings. The van der Waals surface area contributed by atoms with Crippen molar-refractivity contribution in [3.8, 4) is 0 Å². The number of aromatic amines is 1. The molecule has 2 saturated heterocycles. The number of thioether (sulfide) groups is 1. The maximum atomic E-state index is 13.6. The van der Waals surface area contributed by atoms with E-state index in [0.717, 1.165) is 67.0 Å². The second kappa shape index (κ2) is 7.90. The number of rotatable bonds is 4. The molecule has 1 aromatic carbocycles. The van der Waals surface area contributed by atoms with E-state index in [1.54, 1.807) is 0 Å². The van der Waals surface area contributed by atoms with Gasteiger partial charge >= 0.3 is 0 Å². The van der Waals surface area contributed by atoms with E-state index in [9.17, 15) is 4.79 Å². The zero-order chi connectivity index (χ0) is 19.7. The standard InChI is InChI=1S/C23H28N4OS/c28-21(17-23(10-15-29-16-11-23)26-12-5-6-13-26)27-14-4-3-9-20(27)22-24-18-7-1-2-8-19(18)25-22/h1-2,5-8,12-13,20H,3-4,9-11,14-17H2,(H,24,25)/t20-/m1/s1. The third kappa shape index (κ3) is 3.59. The lowest BCUT2D eigenvalue weighted by Crippen LogP contribution is -2.45. The summed E-state index contributed by atoms with van der Waals surface area (Å²) in [5.74, 6) is 3.46. The van der Waals surface area contributed by atoms with E-state index >= 15 is 0 Å². The van der Waals surface area contributed by atoms with Crippen molar-refractivity contribution >= 4 is 28.7 Å². The van der Waals surface area contributed by atoms with Gasteiger partial charge in [0.1, 0.15) is 5.82 Å². The molecule has 0 radical (unpaired) electrons. The number of carbonyl (C=O) groups excluding carboxylic acids is 1. The predicted octanol–water partition coefficient (Wildman–Crippen LogP) is 4.73. The van der Waals surface area contributed by atoms with Crippen LogP contribution in [0.1, 0.15) is 50.4 Å². The highest BCUT2D eigenvalue weighted by Gasteiger charge is 2.39. The number of benzene rings is 1. The highest BCUT2D eigenvalue weighted by molar-refractivity contribution is 7.99. The Morgan fingerprint density at radius 2 is 1.93 bits per heavy atom. The summed E-state index contributed by atoms with van der Waals surface area (Å²) >= 11 is 2.00. The number of amides is 1. The van der Waals surface area contributed by atoms with Gasteiger partial charge in [-0.3, -0.25) is 4.79 Å². The third-order valence-corrected chi connectivity index (χ3v) is 7.59. The smallest absolute Gasteiger partial charge is 0.225 e. The molecule has 0 saturated carbocycles. The minimum absolute atomic E-state index is 0.0586. The Balaban J connectivity index is 1.42. The quantitative estimate of drug-likeness (QED) is 0.679. The summed E-state index contributed by atoms with van der Waals surface area (Å²) in [6.07, 6.45) is 10.2. The minimum Gasteiger partial charge on any atom is -0.348 e. The number of imidazole rings is 1. The fourth-order valence-electron chi connectivity index (χ4n) is 4.96. The van der Waals surface area contributed by atoms with Gasteiger partial charge < -0.3 is 14.5 Å². The molecule has 0 bridgehead atoms. The van der Waals surface area contributed by atoms with E-state index in [0.29, 0.717) is 6.42 Å². The molecular weight excluding hydrogens is 380 g/mol. The third-order valence-electron chi connectivity index (χ3n) is 6.60. The second-order valence-electron chi connectivity index (χ2n) is 8.34. The van der Waals surface area contributed by atoms with E-state index < -0.39 is 0 Å². The molecule has 5 nitrogen and oxygen atoms in total. The second-order valence-corrected chi connectivity index (χ2v) is 9.57. The molecule has 2 aliphatic rings. The van der Waals surface area contributed by atoms with Crippen LogP contribution in [-0.2, 0) is 10.3 Å². The van der Waals surface area contributed by atoms with Gasteiger partial charge in [-0.05, 0) is 67.9 Å². The lowest BCUT2D eigenvalue weighted by molar-refractivity contribution is -0.137. The van der Waals surface area contributed by atoms with E-state index in [1.807, 2.05) is 30.0 Å². The van der Waals surface area contributed by atoms with Crippen LogP contribution in [0, 0.1) is 0 Å². The maximum Gasteiger partial charge on any atom is 0.225 e. The molecule has 2 aliphatic heterocycles. The number of piperidine rings is 1. The highest BCUT2D eigenvalue weighted by atomic mass is 32.2. The minimum atomic E-state index is -0.0816. The molecule has 152 valence electrons. The zero-order valence-corrected chi connectivity index (χ0v) is 17.5. The summed E-state index contributed by atoms with van der Waals surface area (Å²) in [6, 6.07) is 12.3. The summed E-state index contributed by atoms with van der Waals surface area (Å²) in [5.41, 5.74) is 1.95. The number of fused-ring (bicyclic) bond motifs is 1. The van der Waals surface area contributed by atoms with Crippen molar-refractivity contribution in [2.45, 2.75) is 50.1 Å². The molecule has 0 spiro atoms. The van der Waals surface area contributed by atoms with Crippen LogP contribution in [0.5, 0.6) is 0 Å². The van der Waals surface area contributed by atoms with Crippen LogP contribution in [-0.4, -0.2) is 43.4 Å². The van der Waals surface area contributed by atoms with Gasteiger partial charge in [0.05, 0.1) is 29.0 Å². The van der Waals surface area contributed by atoms with Gasteiger partial charge in [-0.25, -0.2) is 4.98 Å². The number of H-pyrrole nitrogens is 1. The molecule has 0 unspecified atom stereocenters. The van der Waals surface area contributed by atoms with Crippen molar-refractivity contribution in [1.82, 2.24) is 19.4 Å². The number of hydrogen-bond acceptors (Lipinski definition) is 3. The first kappa shape index (κ1) is 18.8. The van der Waals surface area contributed by atoms with Crippen LogP contribution < -0.4 is 0 Å². The van der Waals surface area contributed by atoms with Gasteiger partial charge in [-0.2, -0.15) is 11.8 Å². The van der Waals surface area contributed by atoms with Crippen LogP contribution in [0.15, 0.2) is 48.8 Å². The predicted molar refractivity (Wildman–Crippen MR) is 118 cm³/mol. The average molecular weight is 409 g/mol. The molecule has 2 aromatic heterocycles. The lowest BCUT2D eigenvalue weighted by Gasteiger charge is -2.41. The van der Waals surface area contributed by atoms with Crippen LogP contribution in [0.25, 0.3) is 11.0 Å². The Labute approximate surface area is 175 Å². The largest absolute Gasteiger partial charge is 0.348 e. The average Bonchev–Trinajstić information content (AvgIpc) is 3.45. The van der Waals surface area contributed by atoms with Crippen LogP contribution in [0.3, 0.4) is 0 Å². The summed E-state index contributed by atoms with van der Waals surface area (Å²) in [5, 5.41) is 0. The molecule has 1 amide bonds. The van der Waals surface area contributed by atoms with Gasteiger partial charge in [-0.15, -0.1) is 0 Å². The Kier molecular flexibility index (Phi) is 5.12. The van der Waals surface area contributed by atoms with Gasteiger partial charge in [0.2, 0.25) is 5.91 Å². The normalized spacial score (nSPS) is 22.1. The Bertz CT molecular complexity index is 941. The number of hydrogen-bond donors (Lipinski definition) is 1. The van der Waals surface area contributed by atoms with Crippen LogP contribution in [0.4, 0.5) is 0 Å². The van der Waals surface area contributed by atoms with E-state index in [2.05, 4.69) is 45.0 Å². The van der Waals surface area contributed by atoms with Crippen molar-refractivity contribution in [2.75, 3.05) is 18.1 Å². The van der Waals surface area contributed by atoms with E-state index in [4.69, 9.17) is 4.98 Å². The number of nitrogens with zero attached hydrogens (tertiary/aromatic N) is 3. The lowest BCUT2D eigenvalue weighted by atomic mass is 9.86. The molecule has 29 heavy (non-hydrogen) atoms. The topological polar surface area (TPSA) is 53.9 Å². The summed E-state index contributed by atoms with van der Waals surface area (Å²) in [6.45, 7) is 0.830. The molecule has 5 rings (SSSR count). The summed E-state index contributed by atoms with van der Waals surface area (Å²) < 4.78 is 2.30. The van der Waals surface area contributed by atoms with E-state index in [-0.39, 0.29) is 17.5 Å². The molecule has 0 aliphatic carbocycles. The van der Waals surface area contributed by atoms with Crippen molar-refractivity contribution in [3.05, 3.63) is 54.6 Å². The molecule has 2 fully saturated rings. The number of para-hydroxylation sites is 2. The fraction of sp³-hybridized carbons (Fsp3) is 0.478. The Hall–Kier alpha value is -2.21. The molecule has 1 atom stereocenters. The van der Waals surface area contributed by atoms with Crippen LogP contribution in [0.2, 0.25) is 0 Å². The van der Waals surface area contributed by atoms with Gasteiger partial charge in [0, 0.05) is 18.9 Å². The SMILES string of the molecule is O=C(CC1(n2cccc2)CCSCC1)N1CCCC[C@@H]1c1nc2ccccc2[nH]1. The van der Waals surface area contributed by atoms with Gasteiger partial charge in [0.25, 0.3) is 0 Å². The van der Waals surface area contributed by atoms with Crippen molar-refractivity contribution in [2.24, 2.45) is 0 Å². The number of aromatic nitrogens is 3. The summed E-state index contributed by atoms with van der Waals surface area (Å²) in [7, 11) is 0. The number of carbonyl (C=O) groups is 1. The fourth-order valence-corrected chi connectivity index (χ4v) is 6.21. The van der Waals surface area contributed by atoms with Gasteiger partial charge in [0.15, 0.2) is 0 Å². The first-order chi connectivity index (χ1) is 14.3. The van der Waals surface area contributed by atoms with Crippen molar-refractivity contribution in [3.63, 3.8) is 0 Å². The zero-order valence-electron chi connectivity index (χ0n) is 16.7. The molecule has 6 heteroatoms. The highest BCUT2D eigenvalue weighted by Crippen LogP contribution is 2.39. The maximum absolute atomic E-state index is 13.6. The van der Waals surface area contributed by atoms with Gasteiger partial charge in [-0.1, -0.05) is 12.1 Å². The monoisotopic (exact) mass is 408 g/mol. The van der Waals surface area contributed by atoms with E-state index in [1.165, 1.54) is 0 Å².